The molecule has 0 unspecified atom stereocenters. The van der Waals surface area contributed by atoms with Crippen molar-refractivity contribution >= 4 is 23.3 Å². The minimum Gasteiger partial charge on any atom is -0.329 e. The number of nitrogens with zero attached hydrogens (tertiary/aromatic N) is 1. The number of carbonyl (C=O) groups excluding carboxylic acids is 2. The van der Waals surface area contributed by atoms with Gasteiger partial charge in [0.25, 0.3) is 5.91 Å². The van der Waals surface area contributed by atoms with E-state index in [2.05, 4.69) is 15.6 Å². The first-order valence-corrected chi connectivity index (χ1v) is 8.38. The van der Waals surface area contributed by atoms with Crippen LogP contribution in [0.5, 0.6) is 0 Å². The molecule has 0 saturated heterocycles. The summed E-state index contributed by atoms with van der Waals surface area (Å²) in [6, 6.07) is 12.3. The number of aromatic nitrogens is 1. The number of amides is 2. The van der Waals surface area contributed by atoms with Crippen LogP contribution in [0.4, 0.5) is 11.5 Å². The smallest absolute Gasteiger partial charge is 0.256 e. The van der Waals surface area contributed by atoms with Crippen LogP contribution in [0.15, 0.2) is 48.7 Å². The van der Waals surface area contributed by atoms with Crippen molar-refractivity contribution in [3.8, 4) is 0 Å². The van der Waals surface area contributed by atoms with Gasteiger partial charge >= 0.3 is 0 Å². The Balaban J connectivity index is 2.02. The maximum atomic E-state index is 12.5. The van der Waals surface area contributed by atoms with E-state index in [-0.39, 0.29) is 11.8 Å². The van der Waals surface area contributed by atoms with Gasteiger partial charge in [-0.2, -0.15) is 0 Å². The Morgan fingerprint density at radius 2 is 1.72 bits per heavy atom. The Bertz CT molecular complexity index is 702. The van der Waals surface area contributed by atoms with E-state index in [1.165, 1.54) is 6.20 Å². The van der Waals surface area contributed by atoms with Crippen LogP contribution in [-0.4, -0.2) is 23.3 Å². The SMILES string of the molecule is CCC(CC)(CN)C(=O)Nc1ccc(NC(=O)c2ccccc2)nc1. The Hall–Kier alpha value is -2.73. The summed E-state index contributed by atoms with van der Waals surface area (Å²) >= 11 is 0. The van der Waals surface area contributed by atoms with Crippen LogP contribution in [0.2, 0.25) is 0 Å². The number of rotatable bonds is 7. The highest BCUT2D eigenvalue weighted by atomic mass is 16.2. The minimum atomic E-state index is -0.569. The number of benzene rings is 1. The third-order valence-electron chi connectivity index (χ3n) is 4.52. The maximum Gasteiger partial charge on any atom is 0.256 e. The van der Waals surface area contributed by atoms with Crippen LogP contribution < -0.4 is 16.4 Å². The van der Waals surface area contributed by atoms with E-state index in [1.807, 2.05) is 19.9 Å². The first-order valence-electron chi connectivity index (χ1n) is 8.38. The fraction of sp³-hybridized carbons (Fsp3) is 0.316. The summed E-state index contributed by atoms with van der Waals surface area (Å²) in [6.45, 7) is 4.21. The zero-order chi connectivity index (χ0) is 18.3. The number of pyridine rings is 1. The highest BCUT2D eigenvalue weighted by Crippen LogP contribution is 2.27. The number of hydrogen-bond donors (Lipinski definition) is 3. The van der Waals surface area contributed by atoms with Crippen molar-refractivity contribution in [2.75, 3.05) is 17.2 Å². The lowest BCUT2D eigenvalue weighted by Gasteiger charge is -2.28. The normalized spacial score (nSPS) is 11.0. The lowest BCUT2D eigenvalue weighted by molar-refractivity contribution is -0.125. The van der Waals surface area contributed by atoms with E-state index in [1.54, 1.807) is 36.4 Å². The van der Waals surface area contributed by atoms with Gasteiger partial charge in [0, 0.05) is 12.1 Å². The molecule has 0 radical (unpaired) electrons. The van der Waals surface area contributed by atoms with Crippen LogP contribution in [0, 0.1) is 5.41 Å². The summed E-state index contributed by atoms with van der Waals surface area (Å²) < 4.78 is 0. The average Bonchev–Trinajstić information content (AvgIpc) is 2.66. The highest BCUT2D eigenvalue weighted by Gasteiger charge is 2.33. The molecule has 6 nitrogen and oxygen atoms in total. The van der Waals surface area contributed by atoms with Gasteiger partial charge < -0.3 is 16.4 Å². The lowest BCUT2D eigenvalue weighted by atomic mass is 9.81. The van der Waals surface area contributed by atoms with Crippen molar-refractivity contribution < 1.29 is 9.59 Å². The monoisotopic (exact) mass is 340 g/mol. The van der Waals surface area contributed by atoms with Gasteiger partial charge in [0.15, 0.2) is 0 Å². The lowest BCUT2D eigenvalue weighted by Crippen LogP contribution is -2.41. The Morgan fingerprint density at radius 3 is 2.24 bits per heavy atom. The van der Waals surface area contributed by atoms with Gasteiger partial charge in [-0.3, -0.25) is 9.59 Å². The first-order chi connectivity index (χ1) is 12.0. The molecular weight excluding hydrogens is 316 g/mol. The number of nitrogens with one attached hydrogen (secondary N) is 2. The van der Waals surface area contributed by atoms with Gasteiger partial charge in [-0.1, -0.05) is 32.0 Å². The van der Waals surface area contributed by atoms with E-state index >= 15 is 0 Å². The molecule has 1 aromatic carbocycles. The number of carbonyl (C=O) groups is 2. The van der Waals surface area contributed by atoms with Gasteiger partial charge in [-0.25, -0.2) is 4.98 Å². The average molecular weight is 340 g/mol. The van der Waals surface area contributed by atoms with Crippen molar-refractivity contribution in [1.29, 1.82) is 0 Å². The predicted octanol–water partition coefficient (Wildman–Crippen LogP) is 3.04. The zero-order valence-electron chi connectivity index (χ0n) is 14.6. The Kier molecular flexibility index (Phi) is 6.25. The molecule has 132 valence electrons. The summed E-state index contributed by atoms with van der Waals surface area (Å²) in [7, 11) is 0. The summed E-state index contributed by atoms with van der Waals surface area (Å²) in [4.78, 5) is 28.8. The van der Waals surface area contributed by atoms with Crippen LogP contribution in [0.25, 0.3) is 0 Å². The van der Waals surface area contributed by atoms with Crippen molar-refractivity contribution in [2.24, 2.45) is 11.1 Å². The molecule has 6 heteroatoms. The largest absolute Gasteiger partial charge is 0.329 e. The van der Waals surface area contributed by atoms with E-state index in [4.69, 9.17) is 5.73 Å². The summed E-state index contributed by atoms with van der Waals surface area (Å²) in [5, 5.41) is 5.57. The molecule has 0 aliphatic heterocycles. The Labute approximate surface area is 147 Å². The third-order valence-corrected chi connectivity index (χ3v) is 4.52. The summed E-state index contributed by atoms with van der Waals surface area (Å²) in [6.07, 6.45) is 2.86. The van der Waals surface area contributed by atoms with Crippen LogP contribution in [0.3, 0.4) is 0 Å². The molecule has 1 heterocycles. The van der Waals surface area contributed by atoms with Gasteiger partial charge in [0.1, 0.15) is 5.82 Å². The number of hydrogen-bond acceptors (Lipinski definition) is 4. The Morgan fingerprint density at radius 1 is 1.04 bits per heavy atom. The summed E-state index contributed by atoms with van der Waals surface area (Å²) in [5.41, 5.74) is 6.35. The molecule has 0 spiro atoms. The van der Waals surface area contributed by atoms with E-state index in [0.717, 1.165) is 0 Å². The van der Waals surface area contributed by atoms with Crippen LogP contribution >= 0.6 is 0 Å². The second kappa shape index (κ2) is 8.39. The number of nitrogens with two attached hydrogens (primary N) is 1. The molecule has 0 saturated carbocycles. The standard InChI is InChI=1S/C19H24N4O2/c1-3-19(4-2,13-20)18(25)22-15-10-11-16(21-12-15)23-17(24)14-8-6-5-7-9-14/h5-12H,3-4,13,20H2,1-2H3,(H,22,25)(H,21,23,24). The van der Waals surface area contributed by atoms with E-state index in [9.17, 15) is 9.59 Å². The topological polar surface area (TPSA) is 97.1 Å². The third kappa shape index (κ3) is 4.42. The molecule has 4 N–H and O–H groups in total. The second-order valence-electron chi connectivity index (χ2n) is 5.90. The molecular formula is C19H24N4O2. The predicted molar refractivity (Wildman–Crippen MR) is 99.3 cm³/mol. The van der Waals surface area contributed by atoms with Crippen molar-refractivity contribution in [2.45, 2.75) is 26.7 Å². The van der Waals surface area contributed by atoms with E-state index in [0.29, 0.717) is 36.5 Å². The fourth-order valence-corrected chi connectivity index (χ4v) is 2.54. The van der Waals surface area contributed by atoms with Gasteiger partial charge in [-0.05, 0) is 37.1 Å². The molecule has 0 aliphatic carbocycles. The zero-order valence-corrected chi connectivity index (χ0v) is 14.6. The molecule has 25 heavy (non-hydrogen) atoms. The molecule has 0 bridgehead atoms. The van der Waals surface area contributed by atoms with Crippen LogP contribution in [0.1, 0.15) is 37.0 Å². The fourth-order valence-electron chi connectivity index (χ4n) is 2.54. The molecule has 2 aromatic rings. The van der Waals surface area contributed by atoms with Crippen LogP contribution in [-0.2, 0) is 4.79 Å². The quantitative estimate of drug-likeness (QED) is 0.721. The molecule has 1 aromatic heterocycles. The van der Waals surface area contributed by atoms with Gasteiger partial charge in [0.2, 0.25) is 5.91 Å². The van der Waals surface area contributed by atoms with E-state index < -0.39 is 5.41 Å². The molecule has 2 amide bonds. The minimum absolute atomic E-state index is 0.108. The molecule has 0 atom stereocenters. The van der Waals surface area contributed by atoms with Gasteiger partial charge in [0.05, 0.1) is 17.3 Å². The summed E-state index contributed by atoms with van der Waals surface area (Å²) in [5.74, 6) is 0.0785. The van der Waals surface area contributed by atoms with Gasteiger partial charge in [-0.15, -0.1) is 0 Å². The second-order valence-corrected chi connectivity index (χ2v) is 5.90. The molecule has 2 rings (SSSR count). The maximum absolute atomic E-state index is 12.5. The number of anilines is 2. The molecule has 0 aliphatic rings. The van der Waals surface area contributed by atoms with Crippen molar-refractivity contribution in [3.05, 3.63) is 54.2 Å². The van der Waals surface area contributed by atoms with Crippen molar-refractivity contribution in [3.63, 3.8) is 0 Å². The highest BCUT2D eigenvalue weighted by molar-refractivity contribution is 6.03. The first kappa shape index (κ1) is 18.6. The molecule has 0 fully saturated rings. The van der Waals surface area contributed by atoms with Crippen molar-refractivity contribution in [1.82, 2.24) is 4.98 Å².